The van der Waals surface area contributed by atoms with E-state index in [0.717, 1.165) is 23.0 Å². The summed E-state index contributed by atoms with van der Waals surface area (Å²) in [6.07, 6.45) is 0.619. The number of hydrogen-bond acceptors (Lipinski definition) is 3. The number of rotatable bonds is 5. The summed E-state index contributed by atoms with van der Waals surface area (Å²) in [5.41, 5.74) is 2.27. The van der Waals surface area contributed by atoms with E-state index in [9.17, 15) is 14.0 Å². The summed E-state index contributed by atoms with van der Waals surface area (Å²) >= 11 is 0. The SMILES string of the molecule is CCC(NC(=O)c1ccc(C(=O)O)cc1F)c1c(C)nn(C)c1C. The second-order valence-corrected chi connectivity index (χ2v) is 5.64. The molecule has 6 nitrogen and oxygen atoms in total. The van der Waals surface area contributed by atoms with E-state index in [4.69, 9.17) is 5.11 Å². The molecule has 0 saturated heterocycles. The maximum absolute atomic E-state index is 14.0. The molecule has 128 valence electrons. The minimum absolute atomic E-state index is 0.183. The Morgan fingerprint density at radius 1 is 1.38 bits per heavy atom. The summed E-state index contributed by atoms with van der Waals surface area (Å²) in [6.45, 7) is 5.69. The predicted molar refractivity (Wildman–Crippen MR) is 86.5 cm³/mol. The molecule has 1 aromatic carbocycles. The molecule has 1 amide bonds. The number of halogens is 1. The van der Waals surface area contributed by atoms with Gasteiger partial charge < -0.3 is 10.4 Å². The third-order valence-corrected chi connectivity index (χ3v) is 4.09. The van der Waals surface area contributed by atoms with E-state index in [2.05, 4.69) is 10.4 Å². The van der Waals surface area contributed by atoms with Crippen molar-refractivity contribution in [2.45, 2.75) is 33.2 Å². The first-order chi connectivity index (χ1) is 11.3. The van der Waals surface area contributed by atoms with E-state index in [0.29, 0.717) is 6.42 Å². The maximum Gasteiger partial charge on any atom is 0.335 e. The van der Waals surface area contributed by atoms with Crippen LogP contribution >= 0.6 is 0 Å². The highest BCUT2D eigenvalue weighted by Gasteiger charge is 2.22. The number of benzene rings is 1. The number of carbonyl (C=O) groups excluding carboxylic acids is 1. The Hall–Kier alpha value is -2.70. The van der Waals surface area contributed by atoms with E-state index >= 15 is 0 Å². The highest BCUT2D eigenvalue weighted by Crippen LogP contribution is 2.24. The van der Waals surface area contributed by atoms with Crippen molar-refractivity contribution in [2.24, 2.45) is 7.05 Å². The second-order valence-electron chi connectivity index (χ2n) is 5.64. The molecule has 2 aromatic rings. The third-order valence-electron chi connectivity index (χ3n) is 4.09. The molecule has 7 heteroatoms. The average Bonchev–Trinajstić information content (AvgIpc) is 2.77. The Morgan fingerprint density at radius 3 is 2.50 bits per heavy atom. The summed E-state index contributed by atoms with van der Waals surface area (Å²) in [7, 11) is 1.82. The smallest absolute Gasteiger partial charge is 0.335 e. The van der Waals surface area contributed by atoms with Gasteiger partial charge in [0.15, 0.2) is 0 Å². The molecule has 2 N–H and O–H groups in total. The van der Waals surface area contributed by atoms with Gasteiger partial charge >= 0.3 is 5.97 Å². The van der Waals surface area contributed by atoms with Crippen molar-refractivity contribution < 1.29 is 19.1 Å². The standard InChI is InChI=1S/C17H20FN3O3/c1-5-14(15-9(2)20-21(4)10(15)3)19-16(22)12-7-6-11(17(23)24)8-13(12)18/h6-8,14H,5H2,1-4H3,(H,19,22)(H,23,24). The number of amides is 1. The van der Waals surface area contributed by atoms with Gasteiger partial charge in [0.1, 0.15) is 5.82 Å². The maximum atomic E-state index is 14.0. The van der Waals surface area contributed by atoms with Crippen LogP contribution in [-0.4, -0.2) is 26.8 Å². The first-order valence-corrected chi connectivity index (χ1v) is 7.60. The lowest BCUT2D eigenvalue weighted by Crippen LogP contribution is -2.29. The summed E-state index contributed by atoms with van der Waals surface area (Å²) in [6, 6.07) is 2.94. The molecule has 1 aromatic heterocycles. The minimum atomic E-state index is -1.24. The highest BCUT2D eigenvalue weighted by molar-refractivity contribution is 5.96. The van der Waals surface area contributed by atoms with Crippen LogP contribution in [0.15, 0.2) is 18.2 Å². The Bertz CT molecular complexity index is 799. The lowest BCUT2D eigenvalue weighted by atomic mass is 10.0. The molecule has 0 saturated carbocycles. The Morgan fingerprint density at radius 2 is 2.04 bits per heavy atom. The van der Waals surface area contributed by atoms with Crippen LogP contribution in [0.1, 0.15) is 57.1 Å². The molecule has 0 fully saturated rings. The molecule has 0 aliphatic rings. The van der Waals surface area contributed by atoms with Crippen molar-refractivity contribution in [2.75, 3.05) is 0 Å². The number of carboxylic acids is 1. The van der Waals surface area contributed by atoms with Gasteiger partial charge in [-0.05, 0) is 38.5 Å². The Balaban J connectivity index is 2.28. The molecular weight excluding hydrogens is 313 g/mol. The van der Waals surface area contributed by atoms with Gasteiger partial charge in [0.2, 0.25) is 0 Å². The molecule has 24 heavy (non-hydrogen) atoms. The first kappa shape index (κ1) is 17.7. The highest BCUT2D eigenvalue weighted by atomic mass is 19.1. The third kappa shape index (κ3) is 3.29. The van der Waals surface area contributed by atoms with Crippen LogP contribution in [-0.2, 0) is 7.05 Å². The summed E-state index contributed by atoms with van der Waals surface area (Å²) in [5, 5.41) is 16.0. The molecule has 1 atom stereocenters. The molecular formula is C17H20FN3O3. The predicted octanol–water partition coefficient (Wildman–Crippen LogP) is 2.76. The number of carbonyl (C=O) groups is 2. The second kappa shape index (κ2) is 6.82. The van der Waals surface area contributed by atoms with Crippen molar-refractivity contribution in [3.8, 4) is 0 Å². The zero-order valence-electron chi connectivity index (χ0n) is 14.1. The van der Waals surface area contributed by atoms with Crippen molar-refractivity contribution in [3.63, 3.8) is 0 Å². The fourth-order valence-corrected chi connectivity index (χ4v) is 2.74. The van der Waals surface area contributed by atoms with E-state index in [1.54, 1.807) is 4.68 Å². The molecule has 0 spiro atoms. The van der Waals surface area contributed by atoms with E-state index in [1.807, 2.05) is 27.8 Å². The van der Waals surface area contributed by atoms with Gasteiger partial charge in [-0.25, -0.2) is 9.18 Å². The molecule has 1 heterocycles. The normalized spacial score (nSPS) is 12.0. The number of hydrogen-bond donors (Lipinski definition) is 2. The Kier molecular flexibility index (Phi) is 5.02. The fraction of sp³-hybridized carbons (Fsp3) is 0.353. The quantitative estimate of drug-likeness (QED) is 0.881. The van der Waals surface area contributed by atoms with Gasteiger partial charge in [-0.3, -0.25) is 9.48 Å². The number of aromatic carboxylic acids is 1. The molecule has 1 unspecified atom stereocenters. The van der Waals surface area contributed by atoms with E-state index in [-0.39, 0.29) is 17.2 Å². The van der Waals surface area contributed by atoms with E-state index < -0.39 is 17.7 Å². The molecule has 0 aliphatic heterocycles. The molecule has 0 aliphatic carbocycles. The molecule has 0 bridgehead atoms. The Labute approximate surface area is 139 Å². The average molecular weight is 333 g/mol. The van der Waals surface area contributed by atoms with Gasteiger partial charge in [-0.1, -0.05) is 6.92 Å². The first-order valence-electron chi connectivity index (χ1n) is 7.60. The number of carboxylic acid groups (broad SMARTS) is 1. The summed E-state index contributed by atoms with van der Waals surface area (Å²) < 4.78 is 15.8. The van der Waals surface area contributed by atoms with Crippen LogP contribution in [0.5, 0.6) is 0 Å². The van der Waals surface area contributed by atoms with Gasteiger partial charge in [-0.15, -0.1) is 0 Å². The van der Waals surface area contributed by atoms with Crippen LogP contribution < -0.4 is 5.32 Å². The number of aromatic nitrogens is 2. The van der Waals surface area contributed by atoms with Crippen molar-refractivity contribution in [1.29, 1.82) is 0 Å². The van der Waals surface area contributed by atoms with Crippen LogP contribution in [0.3, 0.4) is 0 Å². The minimum Gasteiger partial charge on any atom is -0.478 e. The topological polar surface area (TPSA) is 84.2 Å². The van der Waals surface area contributed by atoms with Gasteiger partial charge in [0, 0.05) is 18.3 Å². The van der Waals surface area contributed by atoms with Crippen molar-refractivity contribution >= 4 is 11.9 Å². The lowest BCUT2D eigenvalue weighted by Gasteiger charge is -2.18. The zero-order chi connectivity index (χ0) is 18.0. The van der Waals surface area contributed by atoms with Crippen LogP contribution in [0.25, 0.3) is 0 Å². The fourth-order valence-electron chi connectivity index (χ4n) is 2.74. The monoisotopic (exact) mass is 333 g/mol. The van der Waals surface area contributed by atoms with Crippen LogP contribution in [0.4, 0.5) is 4.39 Å². The number of nitrogens with zero attached hydrogens (tertiary/aromatic N) is 2. The van der Waals surface area contributed by atoms with Crippen molar-refractivity contribution in [3.05, 3.63) is 52.1 Å². The van der Waals surface area contributed by atoms with Crippen LogP contribution in [0.2, 0.25) is 0 Å². The van der Waals surface area contributed by atoms with Crippen LogP contribution in [0, 0.1) is 19.7 Å². The number of aryl methyl sites for hydroxylation is 2. The van der Waals surface area contributed by atoms with Crippen molar-refractivity contribution in [1.82, 2.24) is 15.1 Å². The zero-order valence-corrected chi connectivity index (χ0v) is 14.1. The van der Waals surface area contributed by atoms with Gasteiger partial charge in [-0.2, -0.15) is 5.10 Å². The van der Waals surface area contributed by atoms with Gasteiger partial charge in [0.25, 0.3) is 5.91 Å². The van der Waals surface area contributed by atoms with E-state index in [1.165, 1.54) is 12.1 Å². The van der Waals surface area contributed by atoms with Gasteiger partial charge in [0.05, 0.1) is 22.9 Å². The largest absolute Gasteiger partial charge is 0.478 e. The summed E-state index contributed by atoms with van der Waals surface area (Å²) in [4.78, 5) is 23.2. The molecule has 2 rings (SSSR count). The number of nitrogens with one attached hydrogen (secondary N) is 1. The molecule has 0 radical (unpaired) electrons. The lowest BCUT2D eigenvalue weighted by molar-refractivity contribution is 0.0695. The summed E-state index contributed by atoms with van der Waals surface area (Å²) in [5.74, 6) is -2.69.